The third kappa shape index (κ3) is 4.59. The fraction of sp³-hybridized carbons (Fsp3) is 0.409. The minimum Gasteiger partial charge on any atom is -0.506 e. The van der Waals surface area contributed by atoms with Gasteiger partial charge < -0.3 is 15.3 Å². The number of aromatic hydroxyl groups is 1. The van der Waals surface area contributed by atoms with E-state index < -0.39 is 0 Å². The molecule has 0 saturated heterocycles. The van der Waals surface area contributed by atoms with Gasteiger partial charge in [-0.1, -0.05) is 31.6 Å². The first-order chi connectivity index (χ1) is 12.2. The fourth-order valence-corrected chi connectivity index (χ4v) is 3.66. The molecule has 0 spiro atoms. The van der Waals surface area contributed by atoms with Crippen LogP contribution in [-0.2, 0) is 26.2 Å². The smallest absolute Gasteiger partial charge is 0.141 e. The maximum absolute atomic E-state index is 10.0. The first-order valence-corrected chi connectivity index (χ1v) is 8.64. The van der Waals surface area contributed by atoms with E-state index in [0.29, 0.717) is 5.52 Å². The number of rotatable bonds is 1. The number of phenolic OH excluding ortho intramolecular Hbond substituents is 1. The van der Waals surface area contributed by atoms with Gasteiger partial charge in [0.15, 0.2) is 0 Å². The number of aliphatic hydroxyl groups excluding tert-OH is 2. The van der Waals surface area contributed by atoms with Crippen molar-refractivity contribution in [3.8, 4) is 5.75 Å². The number of aromatic nitrogens is 1. The molecule has 0 saturated carbocycles. The summed E-state index contributed by atoms with van der Waals surface area (Å²) in [6.45, 7) is 13.2. The molecule has 0 amide bonds. The monoisotopic (exact) mass is 447 g/mol. The summed E-state index contributed by atoms with van der Waals surface area (Å²) >= 11 is 0. The number of allylic oxidation sites excluding steroid dienone is 4. The summed E-state index contributed by atoms with van der Waals surface area (Å²) in [4.78, 5) is 4.67. The molecule has 3 N–H and O–H groups in total. The van der Waals surface area contributed by atoms with Gasteiger partial charge in [-0.15, -0.1) is 0 Å². The summed E-state index contributed by atoms with van der Waals surface area (Å²) in [5.74, 6) is 0.244. The number of hydrogen-bond acceptors (Lipinski definition) is 4. The second kappa shape index (κ2) is 10.3. The number of phenols is 1. The molecule has 0 radical (unpaired) electrons. The average molecular weight is 449 g/mol. The number of fused-ring (bicyclic) bond motifs is 1. The normalized spacial score (nSPS) is 14.9. The van der Waals surface area contributed by atoms with Crippen molar-refractivity contribution in [3.05, 3.63) is 52.2 Å². The zero-order chi connectivity index (χ0) is 20.2. The van der Waals surface area contributed by atoms with Crippen molar-refractivity contribution in [2.75, 3.05) is 14.2 Å². The van der Waals surface area contributed by atoms with Gasteiger partial charge in [-0.05, 0) is 56.5 Å². The Morgan fingerprint density at radius 3 is 1.93 bits per heavy atom. The number of para-hydroxylation sites is 1. The molecule has 0 bridgehead atoms. The number of aryl methyl sites for hydroxylation is 1. The Labute approximate surface area is 181 Å². The standard InChI is InChI=1S/C20H23NO.2CH4O.Zr/c1-11-12(2)18(20(5,6)13(11)3)16-10-15-8-7-9-17(22)19(15)21-14(16)4;2*1-2;/h7-10,22H,1-6H3;2*2H,1H3;. The predicted octanol–water partition coefficient (Wildman–Crippen LogP) is 4.61. The third-order valence-corrected chi connectivity index (χ3v) is 5.35. The molecule has 0 unspecified atom stereocenters. The number of nitrogens with zero attached hydrogens (tertiary/aromatic N) is 1. The van der Waals surface area contributed by atoms with Crippen LogP contribution in [0.15, 0.2) is 41.0 Å². The van der Waals surface area contributed by atoms with Crippen molar-refractivity contribution < 1.29 is 41.5 Å². The number of benzene rings is 1. The number of pyridine rings is 1. The minimum absolute atomic E-state index is 0. The van der Waals surface area contributed by atoms with E-state index >= 15 is 0 Å². The van der Waals surface area contributed by atoms with Gasteiger partial charge in [0.2, 0.25) is 0 Å². The quantitative estimate of drug-likeness (QED) is 0.595. The van der Waals surface area contributed by atoms with E-state index in [4.69, 9.17) is 10.2 Å². The molecule has 5 heteroatoms. The summed E-state index contributed by atoms with van der Waals surface area (Å²) in [5.41, 5.74) is 8.39. The van der Waals surface area contributed by atoms with Gasteiger partial charge in [0.05, 0.1) is 0 Å². The first-order valence-electron chi connectivity index (χ1n) is 8.64. The van der Waals surface area contributed by atoms with Crippen LogP contribution in [0.4, 0.5) is 0 Å². The largest absolute Gasteiger partial charge is 0.506 e. The molecule has 4 nitrogen and oxygen atoms in total. The molecule has 1 aromatic carbocycles. The van der Waals surface area contributed by atoms with Crippen LogP contribution in [0.3, 0.4) is 0 Å². The van der Waals surface area contributed by atoms with E-state index in [1.54, 1.807) is 6.07 Å². The summed E-state index contributed by atoms with van der Waals surface area (Å²) in [6.07, 6.45) is 0. The van der Waals surface area contributed by atoms with Crippen molar-refractivity contribution in [3.63, 3.8) is 0 Å². The summed E-state index contributed by atoms with van der Waals surface area (Å²) < 4.78 is 0. The molecule has 2 aromatic rings. The van der Waals surface area contributed by atoms with Crippen LogP contribution in [-0.4, -0.2) is 34.5 Å². The molecular weight excluding hydrogens is 417 g/mol. The molecule has 0 aliphatic heterocycles. The van der Waals surface area contributed by atoms with Gasteiger partial charge in [-0.3, -0.25) is 0 Å². The van der Waals surface area contributed by atoms with Gasteiger partial charge in [-0.25, -0.2) is 4.98 Å². The van der Waals surface area contributed by atoms with Crippen LogP contribution in [0.1, 0.15) is 45.9 Å². The second-order valence-corrected chi connectivity index (χ2v) is 6.85. The van der Waals surface area contributed by atoms with E-state index in [1.165, 1.54) is 27.9 Å². The molecule has 1 heterocycles. The maximum atomic E-state index is 10.0. The van der Waals surface area contributed by atoms with Crippen molar-refractivity contribution in [2.24, 2.45) is 5.41 Å². The topological polar surface area (TPSA) is 73.6 Å². The van der Waals surface area contributed by atoms with E-state index in [-0.39, 0.29) is 37.4 Å². The molecule has 1 aromatic heterocycles. The summed E-state index contributed by atoms with van der Waals surface area (Å²) in [5, 5.41) is 25.0. The third-order valence-electron chi connectivity index (χ3n) is 5.35. The average Bonchev–Trinajstić information content (AvgIpc) is 2.79. The minimum atomic E-state index is 0. The van der Waals surface area contributed by atoms with Crippen molar-refractivity contribution in [2.45, 2.75) is 41.5 Å². The Morgan fingerprint density at radius 1 is 0.889 bits per heavy atom. The van der Waals surface area contributed by atoms with E-state index in [9.17, 15) is 5.11 Å². The molecule has 146 valence electrons. The molecular formula is C22H31NO3Zr. The summed E-state index contributed by atoms with van der Waals surface area (Å²) in [7, 11) is 2.00. The van der Waals surface area contributed by atoms with Crippen molar-refractivity contribution in [1.29, 1.82) is 0 Å². The Balaban J connectivity index is 0.00000127. The Kier molecular flexibility index (Phi) is 9.82. The first kappa shape index (κ1) is 25.7. The zero-order valence-corrected chi connectivity index (χ0v) is 20.1. The van der Waals surface area contributed by atoms with Crippen LogP contribution in [0, 0.1) is 12.3 Å². The SMILES string of the molecule is CC1=C(C)C(C)(C)C(c2cc3cccc(O)c3nc2C)=C1C.CO.CO.[Zr]. The number of aliphatic hydroxyl groups is 2. The van der Waals surface area contributed by atoms with Gasteiger partial charge in [-0.2, -0.15) is 0 Å². The van der Waals surface area contributed by atoms with Crippen LogP contribution in [0.5, 0.6) is 5.75 Å². The number of hydrogen-bond donors (Lipinski definition) is 3. The Morgan fingerprint density at radius 2 is 1.44 bits per heavy atom. The molecule has 3 rings (SSSR count). The van der Waals surface area contributed by atoms with E-state index in [0.717, 1.165) is 25.3 Å². The predicted molar refractivity (Wildman–Crippen MR) is 109 cm³/mol. The van der Waals surface area contributed by atoms with Crippen LogP contribution in [0.25, 0.3) is 16.5 Å². The van der Waals surface area contributed by atoms with Gasteiger partial charge in [0, 0.05) is 62.5 Å². The van der Waals surface area contributed by atoms with Crippen LogP contribution in [0.2, 0.25) is 0 Å². The Hall–Kier alpha value is -1.29. The molecule has 27 heavy (non-hydrogen) atoms. The van der Waals surface area contributed by atoms with Gasteiger partial charge >= 0.3 is 0 Å². The van der Waals surface area contributed by atoms with Crippen molar-refractivity contribution in [1.82, 2.24) is 4.98 Å². The summed E-state index contributed by atoms with van der Waals surface area (Å²) in [6, 6.07) is 7.74. The van der Waals surface area contributed by atoms with E-state index in [2.05, 4.69) is 45.7 Å². The van der Waals surface area contributed by atoms with Gasteiger partial charge in [0.25, 0.3) is 0 Å². The second-order valence-electron chi connectivity index (χ2n) is 6.85. The molecule has 1 aliphatic carbocycles. The van der Waals surface area contributed by atoms with E-state index in [1.807, 2.05) is 19.1 Å². The zero-order valence-electron chi connectivity index (χ0n) is 17.6. The van der Waals surface area contributed by atoms with Crippen LogP contribution < -0.4 is 0 Å². The Bertz CT molecular complexity index is 867. The molecule has 0 atom stereocenters. The van der Waals surface area contributed by atoms with Gasteiger partial charge in [0.1, 0.15) is 11.3 Å². The van der Waals surface area contributed by atoms with Crippen LogP contribution >= 0.6 is 0 Å². The molecule has 0 fully saturated rings. The maximum Gasteiger partial charge on any atom is 0.141 e. The molecule has 1 aliphatic rings. The fourth-order valence-electron chi connectivity index (χ4n) is 3.66. The van der Waals surface area contributed by atoms with Crippen molar-refractivity contribution >= 4 is 16.5 Å².